The zero-order chi connectivity index (χ0) is 18.8. The molecule has 0 unspecified atom stereocenters. The molecule has 0 aliphatic rings. The lowest BCUT2D eigenvalue weighted by Crippen LogP contribution is -2.37. The third-order valence-corrected chi connectivity index (χ3v) is 4.64. The van der Waals surface area contributed by atoms with Gasteiger partial charge in [0.15, 0.2) is 0 Å². The van der Waals surface area contributed by atoms with Gasteiger partial charge in [-0.25, -0.2) is 0 Å². The lowest BCUT2D eigenvalue weighted by Gasteiger charge is -2.22. The second kappa shape index (κ2) is 10.5. The number of rotatable bonds is 10. The van der Waals surface area contributed by atoms with Gasteiger partial charge in [-0.2, -0.15) is 0 Å². The van der Waals surface area contributed by atoms with Gasteiger partial charge in [-0.1, -0.05) is 6.07 Å². The normalized spacial score (nSPS) is 10.2. The molecular formula is C19H23NO5S. The van der Waals surface area contributed by atoms with E-state index in [1.54, 1.807) is 12.0 Å². The number of ether oxygens (including phenoxy) is 3. The maximum atomic E-state index is 12.5. The molecule has 0 radical (unpaired) electrons. The second-order valence-electron chi connectivity index (χ2n) is 5.49. The molecule has 0 atom stereocenters. The smallest absolute Gasteiger partial charge is 0.307 e. The number of amides is 1. The fourth-order valence-electron chi connectivity index (χ4n) is 2.31. The summed E-state index contributed by atoms with van der Waals surface area (Å²) in [6, 6.07) is 11.1. The Morgan fingerprint density at radius 2 is 1.77 bits per heavy atom. The van der Waals surface area contributed by atoms with Crippen LogP contribution < -0.4 is 9.47 Å². The van der Waals surface area contributed by atoms with E-state index in [0.29, 0.717) is 31.9 Å². The number of methoxy groups -OCH3 is 2. The van der Waals surface area contributed by atoms with E-state index in [4.69, 9.17) is 9.47 Å². The average Bonchev–Trinajstić information content (AvgIpc) is 3.17. The number of carbonyl (C=O) groups excluding carboxylic acids is 2. The molecule has 7 heteroatoms. The van der Waals surface area contributed by atoms with Crippen molar-refractivity contribution in [1.29, 1.82) is 0 Å². The summed E-state index contributed by atoms with van der Waals surface area (Å²) in [6.07, 6.45) is 0.483. The zero-order valence-corrected chi connectivity index (χ0v) is 15.8. The Kier molecular flexibility index (Phi) is 7.95. The number of hydrogen-bond donors (Lipinski definition) is 0. The van der Waals surface area contributed by atoms with Crippen LogP contribution in [0, 0.1) is 0 Å². The lowest BCUT2D eigenvalue weighted by molar-refractivity contribution is -0.141. The average molecular weight is 377 g/mol. The van der Waals surface area contributed by atoms with Crippen molar-refractivity contribution >= 4 is 23.2 Å². The van der Waals surface area contributed by atoms with Gasteiger partial charge in [-0.05, 0) is 35.7 Å². The Morgan fingerprint density at radius 1 is 1.04 bits per heavy atom. The highest BCUT2D eigenvalue weighted by Crippen LogP contribution is 2.17. The minimum absolute atomic E-state index is 0.0327. The summed E-state index contributed by atoms with van der Waals surface area (Å²) >= 11 is 1.54. The van der Waals surface area contributed by atoms with Gasteiger partial charge in [0, 0.05) is 11.4 Å². The largest absolute Gasteiger partial charge is 0.497 e. The Morgan fingerprint density at radius 3 is 2.38 bits per heavy atom. The number of carbonyl (C=O) groups is 2. The van der Waals surface area contributed by atoms with E-state index < -0.39 is 0 Å². The molecule has 140 valence electrons. The van der Waals surface area contributed by atoms with E-state index in [0.717, 1.165) is 10.6 Å². The van der Waals surface area contributed by atoms with Crippen molar-refractivity contribution in [2.24, 2.45) is 0 Å². The fraction of sp³-hybridized carbons (Fsp3) is 0.368. The molecule has 6 nitrogen and oxygen atoms in total. The number of esters is 1. The molecule has 1 aromatic carbocycles. The molecule has 26 heavy (non-hydrogen) atoms. The SMILES string of the molecule is COC(=O)CCN(CCOc1ccc(OC)cc1)C(=O)Cc1cccs1. The maximum Gasteiger partial charge on any atom is 0.307 e. The quantitative estimate of drug-likeness (QED) is 0.596. The van der Waals surface area contributed by atoms with Crippen LogP contribution in [-0.2, 0) is 20.7 Å². The molecule has 2 rings (SSSR count). The summed E-state index contributed by atoms with van der Waals surface area (Å²) in [5.41, 5.74) is 0. The summed E-state index contributed by atoms with van der Waals surface area (Å²) < 4.78 is 15.5. The number of hydrogen-bond acceptors (Lipinski definition) is 6. The van der Waals surface area contributed by atoms with Gasteiger partial charge in [-0.3, -0.25) is 9.59 Å². The topological polar surface area (TPSA) is 65.1 Å². The van der Waals surface area contributed by atoms with Crippen molar-refractivity contribution < 1.29 is 23.8 Å². The molecule has 1 heterocycles. The molecule has 0 aliphatic carbocycles. The van der Waals surface area contributed by atoms with Gasteiger partial charge < -0.3 is 19.1 Å². The van der Waals surface area contributed by atoms with E-state index in [1.165, 1.54) is 18.4 Å². The molecule has 0 N–H and O–H groups in total. The van der Waals surface area contributed by atoms with Gasteiger partial charge in [0.05, 0.1) is 33.6 Å². The minimum atomic E-state index is -0.338. The van der Waals surface area contributed by atoms with E-state index in [1.807, 2.05) is 41.8 Å². The van der Waals surface area contributed by atoms with Crippen LogP contribution in [0.5, 0.6) is 11.5 Å². The predicted octanol–water partition coefficient (Wildman–Crippen LogP) is 2.77. The third-order valence-electron chi connectivity index (χ3n) is 3.76. The first-order chi connectivity index (χ1) is 12.6. The first kappa shape index (κ1) is 19.8. The minimum Gasteiger partial charge on any atom is -0.497 e. The summed E-state index contributed by atoms with van der Waals surface area (Å²) in [6.45, 7) is 1.04. The lowest BCUT2D eigenvalue weighted by atomic mass is 10.3. The fourth-order valence-corrected chi connectivity index (χ4v) is 3.01. The molecule has 0 bridgehead atoms. The molecule has 1 amide bonds. The molecular weight excluding hydrogens is 354 g/mol. The second-order valence-corrected chi connectivity index (χ2v) is 6.52. The number of thiophene rings is 1. The molecule has 2 aromatic rings. The van der Waals surface area contributed by atoms with Crippen molar-refractivity contribution in [3.8, 4) is 11.5 Å². The monoisotopic (exact) mass is 377 g/mol. The summed E-state index contributed by atoms with van der Waals surface area (Å²) in [5.74, 6) is 1.08. The van der Waals surface area contributed by atoms with Gasteiger partial charge in [0.1, 0.15) is 18.1 Å². The van der Waals surface area contributed by atoms with Crippen LogP contribution in [0.1, 0.15) is 11.3 Å². The summed E-state index contributed by atoms with van der Waals surface area (Å²) in [7, 11) is 2.95. The first-order valence-electron chi connectivity index (χ1n) is 8.26. The highest BCUT2D eigenvalue weighted by Gasteiger charge is 2.16. The molecule has 0 saturated carbocycles. The molecule has 0 saturated heterocycles. The standard InChI is InChI=1S/C19H23NO5S/c1-23-15-5-7-16(8-6-15)25-12-11-20(10-9-19(22)24-2)18(21)14-17-4-3-13-26-17/h3-8,13H,9-12,14H2,1-2H3. The van der Waals surface area contributed by atoms with Gasteiger partial charge in [0.2, 0.25) is 5.91 Å². The van der Waals surface area contributed by atoms with E-state index in [-0.39, 0.29) is 18.3 Å². The molecule has 1 aromatic heterocycles. The highest BCUT2D eigenvalue weighted by atomic mass is 32.1. The molecule has 0 fully saturated rings. The van der Waals surface area contributed by atoms with Crippen LogP contribution in [0.25, 0.3) is 0 Å². The van der Waals surface area contributed by atoms with Crippen molar-refractivity contribution in [3.63, 3.8) is 0 Å². The van der Waals surface area contributed by atoms with Gasteiger partial charge >= 0.3 is 5.97 Å². The molecule has 0 spiro atoms. The number of benzene rings is 1. The zero-order valence-electron chi connectivity index (χ0n) is 15.0. The Hall–Kier alpha value is -2.54. The third kappa shape index (κ3) is 6.40. The first-order valence-corrected chi connectivity index (χ1v) is 9.14. The van der Waals surface area contributed by atoms with Crippen molar-refractivity contribution in [1.82, 2.24) is 4.90 Å². The van der Waals surface area contributed by atoms with Crippen LogP contribution in [-0.4, -0.2) is 50.7 Å². The van der Waals surface area contributed by atoms with E-state index in [2.05, 4.69) is 4.74 Å². The maximum absolute atomic E-state index is 12.5. The Labute approximate surface area is 157 Å². The molecule has 0 aliphatic heterocycles. The summed E-state index contributed by atoms with van der Waals surface area (Å²) in [5, 5.41) is 1.94. The van der Waals surface area contributed by atoms with Gasteiger partial charge in [0.25, 0.3) is 0 Å². The van der Waals surface area contributed by atoms with E-state index in [9.17, 15) is 9.59 Å². The van der Waals surface area contributed by atoms with Crippen LogP contribution in [0.15, 0.2) is 41.8 Å². The van der Waals surface area contributed by atoms with Crippen LogP contribution in [0.3, 0.4) is 0 Å². The van der Waals surface area contributed by atoms with Gasteiger partial charge in [-0.15, -0.1) is 11.3 Å². The Balaban J connectivity index is 1.89. The highest BCUT2D eigenvalue weighted by molar-refractivity contribution is 7.10. The van der Waals surface area contributed by atoms with E-state index >= 15 is 0 Å². The van der Waals surface area contributed by atoms with Crippen molar-refractivity contribution in [3.05, 3.63) is 46.7 Å². The van der Waals surface area contributed by atoms with Crippen LogP contribution in [0.2, 0.25) is 0 Å². The van der Waals surface area contributed by atoms with Crippen LogP contribution in [0.4, 0.5) is 0 Å². The van der Waals surface area contributed by atoms with Crippen molar-refractivity contribution in [2.75, 3.05) is 33.9 Å². The number of nitrogens with zero attached hydrogens (tertiary/aromatic N) is 1. The van der Waals surface area contributed by atoms with Crippen LogP contribution >= 0.6 is 11.3 Å². The summed E-state index contributed by atoms with van der Waals surface area (Å²) in [4.78, 5) is 26.6. The van der Waals surface area contributed by atoms with Crippen molar-refractivity contribution in [2.45, 2.75) is 12.8 Å². The Bertz CT molecular complexity index is 684. The predicted molar refractivity (Wildman–Crippen MR) is 99.7 cm³/mol.